The molecule has 2 saturated carbocycles. The molecule has 0 amide bonds. The number of aliphatic hydroxyl groups excluding tert-OH is 1. The van der Waals surface area contributed by atoms with E-state index in [2.05, 4.69) is 15.6 Å². The monoisotopic (exact) mass is 321 g/mol. The van der Waals surface area contributed by atoms with Crippen LogP contribution in [0, 0.1) is 11.8 Å². The van der Waals surface area contributed by atoms with Crippen molar-refractivity contribution in [1.82, 2.24) is 10.6 Å². The maximum Gasteiger partial charge on any atom is 0.416 e. The number of aliphatic imine (C=N–C) groups is 1. The molecule has 0 spiro atoms. The highest BCUT2D eigenvalue weighted by Crippen LogP contribution is 2.40. The highest BCUT2D eigenvalue weighted by atomic mass is 19.4. The van der Waals surface area contributed by atoms with Crippen LogP contribution in [0.15, 0.2) is 4.99 Å². The first kappa shape index (κ1) is 17.4. The third kappa shape index (κ3) is 4.76. The molecule has 3 N–H and O–H groups in total. The first-order chi connectivity index (χ1) is 10.4. The van der Waals surface area contributed by atoms with Gasteiger partial charge in [-0.3, -0.25) is 4.99 Å². The van der Waals surface area contributed by atoms with Crippen molar-refractivity contribution in [3.8, 4) is 0 Å². The number of rotatable bonds is 3. The Hall–Kier alpha value is -0.980. The van der Waals surface area contributed by atoms with Gasteiger partial charge in [0.05, 0.1) is 6.54 Å². The number of alkyl halides is 3. The van der Waals surface area contributed by atoms with E-state index in [9.17, 15) is 13.2 Å². The third-order valence-electron chi connectivity index (χ3n) is 4.94. The molecular formula is C15H26F3N3O. The fourth-order valence-corrected chi connectivity index (χ4v) is 3.70. The Morgan fingerprint density at radius 1 is 1.18 bits per heavy atom. The quantitative estimate of drug-likeness (QED) is 0.553. The lowest BCUT2D eigenvalue weighted by atomic mass is 9.69. The normalized spacial score (nSPS) is 31.3. The number of halogens is 3. The third-order valence-corrected chi connectivity index (χ3v) is 4.94. The van der Waals surface area contributed by atoms with Gasteiger partial charge < -0.3 is 15.7 Å². The summed E-state index contributed by atoms with van der Waals surface area (Å²) in [4.78, 5) is 3.96. The van der Waals surface area contributed by atoms with Crippen LogP contribution >= 0.6 is 0 Å². The maximum absolute atomic E-state index is 12.3. The SMILES string of the molecule is CN=C(NCC(O)C(F)(F)F)NC1CCC2CCCCC2C1. The van der Waals surface area contributed by atoms with Gasteiger partial charge in [-0.05, 0) is 31.1 Å². The molecule has 2 aliphatic rings. The van der Waals surface area contributed by atoms with Gasteiger partial charge in [-0.1, -0.05) is 25.7 Å². The molecule has 0 bridgehead atoms. The molecule has 0 aromatic heterocycles. The van der Waals surface area contributed by atoms with Crippen molar-refractivity contribution >= 4 is 5.96 Å². The Labute approximate surface area is 129 Å². The number of hydrogen-bond acceptors (Lipinski definition) is 2. The number of aliphatic hydroxyl groups is 1. The van der Waals surface area contributed by atoms with Crippen LogP contribution in [0.4, 0.5) is 13.2 Å². The van der Waals surface area contributed by atoms with E-state index in [1.54, 1.807) is 0 Å². The van der Waals surface area contributed by atoms with E-state index in [-0.39, 0.29) is 6.04 Å². The summed E-state index contributed by atoms with van der Waals surface area (Å²) < 4.78 is 36.9. The molecule has 0 heterocycles. The Kier molecular flexibility index (Phi) is 5.94. The van der Waals surface area contributed by atoms with Crippen molar-refractivity contribution in [3.63, 3.8) is 0 Å². The van der Waals surface area contributed by atoms with Crippen LogP contribution in [-0.2, 0) is 0 Å². The molecule has 7 heteroatoms. The maximum atomic E-state index is 12.3. The van der Waals surface area contributed by atoms with E-state index in [0.29, 0.717) is 5.96 Å². The second-order valence-corrected chi connectivity index (χ2v) is 6.47. The molecule has 2 rings (SSSR count). The average Bonchev–Trinajstić information content (AvgIpc) is 2.49. The molecule has 4 unspecified atom stereocenters. The lowest BCUT2D eigenvalue weighted by molar-refractivity contribution is -0.201. The summed E-state index contributed by atoms with van der Waals surface area (Å²) in [7, 11) is 1.53. The van der Waals surface area contributed by atoms with Crippen molar-refractivity contribution in [2.45, 2.75) is 63.3 Å². The van der Waals surface area contributed by atoms with E-state index in [4.69, 9.17) is 5.11 Å². The van der Waals surface area contributed by atoms with Crippen molar-refractivity contribution in [2.24, 2.45) is 16.8 Å². The summed E-state index contributed by atoms with van der Waals surface area (Å²) in [6.45, 7) is -0.581. The predicted molar refractivity (Wildman–Crippen MR) is 79.6 cm³/mol. The predicted octanol–water partition coefficient (Wildman–Crippen LogP) is 2.43. The van der Waals surface area contributed by atoms with Gasteiger partial charge in [0.2, 0.25) is 0 Å². The van der Waals surface area contributed by atoms with Crippen LogP contribution in [0.2, 0.25) is 0 Å². The largest absolute Gasteiger partial charge is 0.416 e. The number of guanidine groups is 1. The summed E-state index contributed by atoms with van der Waals surface area (Å²) in [5, 5.41) is 14.8. The second-order valence-electron chi connectivity index (χ2n) is 6.47. The van der Waals surface area contributed by atoms with Gasteiger partial charge in [0.15, 0.2) is 12.1 Å². The van der Waals surface area contributed by atoms with Gasteiger partial charge in [-0.2, -0.15) is 13.2 Å². The first-order valence-electron chi connectivity index (χ1n) is 8.12. The van der Waals surface area contributed by atoms with E-state index in [0.717, 1.165) is 24.7 Å². The van der Waals surface area contributed by atoms with Crippen LogP contribution in [-0.4, -0.2) is 43.0 Å². The summed E-state index contributed by atoms with van der Waals surface area (Å²) >= 11 is 0. The lowest BCUT2D eigenvalue weighted by Crippen LogP contribution is -2.50. The van der Waals surface area contributed by atoms with Gasteiger partial charge in [0, 0.05) is 13.1 Å². The fraction of sp³-hybridized carbons (Fsp3) is 0.933. The Morgan fingerprint density at radius 3 is 2.50 bits per heavy atom. The highest BCUT2D eigenvalue weighted by molar-refractivity contribution is 5.80. The molecule has 4 atom stereocenters. The van der Waals surface area contributed by atoms with Crippen molar-refractivity contribution in [3.05, 3.63) is 0 Å². The van der Waals surface area contributed by atoms with E-state index in [1.165, 1.54) is 39.2 Å². The topological polar surface area (TPSA) is 56.7 Å². The molecule has 0 saturated heterocycles. The van der Waals surface area contributed by atoms with E-state index >= 15 is 0 Å². The van der Waals surface area contributed by atoms with Crippen LogP contribution in [0.3, 0.4) is 0 Å². The van der Waals surface area contributed by atoms with Crippen molar-refractivity contribution in [1.29, 1.82) is 0 Å². The van der Waals surface area contributed by atoms with Crippen LogP contribution in [0.25, 0.3) is 0 Å². The van der Waals surface area contributed by atoms with Gasteiger partial charge in [-0.15, -0.1) is 0 Å². The molecule has 128 valence electrons. The number of nitrogens with one attached hydrogen (secondary N) is 2. The summed E-state index contributed by atoms with van der Waals surface area (Å²) in [5.41, 5.74) is 0. The van der Waals surface area contributed by atoms with Gasteiger partial charge in [0.1, 0.15) is 0 Å². The number of hydrogen-bond donors (Lipinski definition) is 3. The molecule has 0 aromatic rings. The number of nitrogens with zero attached hydrogens (tertiary/aromatic N) is 1. The Balaban J connectivity index is 1.78. The molecule has 0 radical (unpaired) electrons. The molecule has 4 nitrogen and oxygen atoms in total. The highest BCUT2D eigenvalue weighted by Gasteiger charge is 2.38. The minimum absolute atomic E-state index is 0.258. The fourth-order valence-electron chi connectivity index (χ4n) is 3.70. The van der Waals surface area contributed by atoms with Gasteiger partial charge in [-0.25, -0.2) is 0 Å². The second kappa shape index (κ2) is 7.53. The minimum atomic E-state index is -4.61. The van der Waals surface area contributed by atoms with E-state index < -0.39 is 18.8 Å². The average molecular weight is 321 g/mol. The van der Waals surface area contributed by atoms with Crippen LogP contribution in [0.1, 0.15) is 44.9 Å². The zero-order chi connectivity index (χ0) is 16.2. The minimum Gasteiger partial charge on any atom is -0.382 e. The Morgan fingerprint density at radius 2 is 1.86 bits per heavy atom. The van der Waals surface area contributed by atoms with Gasteiger partial charge >= 0.3 is 6.18 Å². The summed E-state index contributed by atoms with van der Waals surface area (Å²) in [5.74, 6) is 1.90. The zero-order valence-electron chi connectivity index (χ0n) is 13.0. The summed E-state index contributed by atoms with van der Waals surface area (Å²) in [6, 6.07) is 0.258. The molecule has 2 aliphatic carbocycles. The van der Waals surface area contributed by atoms with Crippen molar-refractivity contribution in [2.75, 3.05) is 13.6 Å². The van der Waals surface area contributed by atoms with Crippen LogP contribution in [0.5, 0.6) is 0 Å². The molecular weight excluding hydrogens is 295 g/mol. The zero-order valence-corrected chi connectivity index (χ0v) is 13.0. The summed E-state index contributed by atoms with van der Waals surface area (Å²) in [6.07, 6.45) is 1.51. The molecule has 0 aliphatic heterocycles. The standard InChI is InChI=1S/C15H26F3N3O/c1-19-14(20-9-13(22)15(16,17)18)21-12-7-6-10-4-2-3-5-11(10)8-12/h10-13,22H,2-9H2,1H3,(H2,19,20,21). The molecule has 0 aromatic carbocycles. The smallest absolute Gasteiger partial charge is 0.382 e. The Bertz CT molecular complexity index is 387. The van der Waals surface area contributed by atoms with E-state index in [1.807, 2.05) is 0 Å². The first-order valence-corrected chi connectivity index (χ1v) is 8.12. The molecule has 2 fully saturated rings. The van der Waals surface area contributed by atoms with Crippen molar-refractivity contribution < 1.29 is 18.3 Å². The van der Waals surface area contributed by atoms with Gasteiger partial charge in [0.25, 0.3) is 0 Å². The lowest BCUT2D eigenvalue weighted by Gasteiger charge is -2.39. The number of fused-ring (bicyclic) bond motifs is 1. The van der Waals surface area contributed by atoms with Crippen LogP contribution < -0.4 is 10.6 Å². The molecule has 22 heavy (non-hydrogen) atoms.